The Morgan fingerprint density at radius 1 is 1.16 bits per heavy atom. The van der Waals surface area contributed by atoms with E-state index in [1.165, 1.54) is 0 Å². The summed E-state index contributed by atoms with van der Waals surface area (Å²) in [6, 6.07) is 4.13. The van der Waals surface area contributed by atoms with E-state index >= 15 is 0 Å². The summed E-state index contributed by atoms with van der Waals surface area (Å²) in [4.78, 5) is 15.7. The van der Waals surface area contributed by atoms with Gasteiger partial charge >= 0.3 is 0 Å². The fourth-order valence-electron chi connectivity index (χ4n) is 3.19. The van der Waals surface area contributed by atoms with Crippen LogP contribution in [0.4, 0.5) is 0 Å². The van der Waals surface area contributed by atoms with Crippen molar-refractivity contribution in [3.8, 4) is 0 Å². The van der Waals surface area contributed by atoms with Crippen molar-refractivity contribution >= 4 is 26.6 Å². The van der Waals surface area contributed by atoms with Crippen molar-refractivity contribution in [3.05, 3.63) is 34.5 Å². The standard InChI is InChI=1S/C19H28N2O3S/c1-12(2)11-25(23,24)9-8-20-17(22)10-16-15(5)21-19-14(4)7-6-13(3)18(16)19/h6-7,12,21H,8-11H2,1-5H3,(H,20,22). The molecule has 0 aliphatic carbocycles. The summed E-state index contributed by atoms with van der Waals surface area (Å²) in [6.45, 7) is 9.96. The van der Waals surface area contributed by atoms with Crippen molar-refractivity contribution in [1.82, 2.24) is 10.3 Å². The fraction of sp³-hybridized carbons (Fsp3) is 0.526. The first-order chi connectivity index (χ1) is 11.6. The molecule has 0 unspecified atom stereocenters. The molecule has 138 valence electrons. The molecular weight excluding hydrogens is 336 g/mol. The van der Waals surface area contributed by atoms with Crippen LogP contribution >= 0.6 is 0 Å². The maximum absolute atomic E-state index is 12.3. The lowest BCUT2D eigenvalue weighted by molar-refractivity contribution is -0.120. The maximum atomic E-state index is 12.3. The van der Waals surface area contributed by atoms with Crippen LogP contribution in [0.5, 0.6) is 0 Å². The number of hydrogen-bond acceptors (Lipinski definition) is 3. The van der Waals surface area contributed by atoms with Crippen LogP contribution in [0.1, 0.15) is 36.2 Å². The molecule has 0 fully saturated rings. The van der Waals surface area contributed by atoms with Gasteiger partial charge in [0.05, 0.1) is 17.9 Å². The average Bonchev–Trinajstić information content (AvgIpc) is 2.79. The first-order valence-corrected chi connectivity index (χ1v) is 10.5. The number of carbonyl (C=O) groups excluding carboxylic acids is 1. The summed E-state index contributed by atoms with van der Waals surface area (Å²) < 4.78 is 23.8. The normalized spacial score (nSPS) is 12.1. The molecule has 0 saturated carbocycles. The van der Waals surface area contributed by atoms with E-state index in [1.54, 1.807) is 0 Å². The zero-order valence-electron chi connectivity index (χ0n) is 15.7. The summed E-state index contributed by atoms with van der Waals surface area (Å²) in [6.07, 6.45) is 0.250. The monoisotopic (exact) mass is 364 g/mol. The minimum Gasteiger partial charge on any atom is -0.358 e. The van der Waals surface area contributed by atoms with Gasteiger partial charge in [-0.05, 0) is 43.4 Å². The van der Waals surface area contributed by atoms with E-state index in [0.717, 1.165) is 33.3 Å². The number of aromatic nitrogens is 1. The Labute approximate surface area is 150 Å². The van der Waals surface area contributed by atoms with Gasteiger partial charge in [-0.25, -0.2) is 8.42 Å². The largest absolute Gasteiger partial charge is 0.358 e. The molecule has 0 bridgehead atoms. The number of H-pyrrole nitrogens is 1. The third-order valence-electron chi connectivity index (χ3n) is 4.35. The van der Waals surface area contributed by atoms with Crippen LogP contribution in [0.25, 0.3) is 10.9 Å². The van der Waals surface area contributed by atoms with Crippen LogP contribution in [0.15, 0.2) is 12.1 Å². The molecule has 0 radical (unpaired) electrons. The SMILES string of the molecule is Cc1[nH]c2c(C)ccc(C)c2c1CC(=O)NCCS(=O)(=O)CC(C)C. The second-order valence-electron chi connectivity index (χ2n) is 7.21. The predicted molar refractivity (Wildman–Crippen MR) is 103 cm³/mol. The highest BCUT2D eigenvalue weighted by atomic mass is 32.2. The molecule has 2 aromatic rings. The molecule has 1 amide bonds. The highest BCUT2D eigenvalue weighted by molar-refractivity contribution is 7.91. The minimum atomic E-state index is -3.11. The summed E-state index contributed by atoms with van der Waals surface area (Å²) in [5.41, 5.74) is 5.32. The Balaban J connectivity index is 2.06. The van der Waals surface area contributed by atoms with Crippen molar-refractivity contribution in [2.75, 3.05) is 18.1 Å². The number of fused-ring (bicyclic) bond motifs is 1. The molecule has 0 aliphatic heterocycles. The lowest BCUT2D eigenvalue weighted by Crippen LogP contribution is -2.31. The summed E-state index contributed by atoms with van der Waals surface area (Å²) in [7, 11) is -3.11. The van der Waals surface area contributed by atoms with Gasteiger partial charge in [0.15, 0.2) is 9.84 Å². The van der Waals surface area contributed by atoms with Gasteiger partial charge in [0.2, 0.25) is 5.91 Å². The molecule has 0 saturated heterocycles. The van der Waals surface area contributed by atoms with E-state index in [-0.39, 0.29) is 36.3 Å². The van der Waals surface area contributed by atoms with Gasteiger partial charge < -0.3 is 10.3 Å². The molecule has 0 aliphatic rings. The second kappa shape index (κ2) is 7.60. The molecule has 25 heavy (non-hydrogen) atoms. The minimum absolute atomic E-state index is 0.0120. The molecule has 1 aromatic carbocycles. The summed E-state index contributed by atoms with van der Waals surface area (Å²) in [5, 5.41) is 3.84. The highest BCUT2D eigenvalue weighted by Crippen LogP contribution is 2.28. The van der Waals surface area contributed by atoms with Crippen LogP contribution in [0.3, 0.4) is 0 Å². The third-order valence-corrected chi connectivity index (χ3v) is 6.35. The first-order valence-electron chi connectivity index (χ1n) is 8.65. The lowest BCUT2D eigenvalue weighted by Gasteiger charge is -2.09. The van der Waals surface area contributed by atoms with Crippen LogP contribution in [-0.4, -0.2) is 37.4 Å². The van der Waals surface area contributed by atoms with Crippen molar-refractivity contribution in [2.24, 2.45) is 5.92 Å². The van der Waals surface area contributed by atoms with Crippen molar-refractivity contribution in [1.29, 1.82) is 0 Å². The zero-order chi connectivity index (χ0) is 18.8. The number of nitrogens with one attached hydrogen (secondary N) is 2. The Morgan fingerprint density at radius 3 is 2.44 bits per heavy atom. The first kappa shape index (κ1) is 19.5. The third kappa shape index (κ3) is 4.84. The quantitative estimate of drug-likeness (QED) is 0.793. The van der Waals surface area contributed by atoms with E-state index < -0.39 is 9.84 Å². The van der Waals surface area contributed by atoms with Crippen LogP contribution < -0.4 is 5.32 Å². The Morgan fingerprint density at radius 2 is 1.80 bits per heavy atom. The summed E-state index contributed by atoms with van der Waals surface area (Å²) in [5.74, 6) is 0.0932. The van der Waals surface area contributed by atoms with Crippen LogP contribution in [-0.2, 0) is 21.1 Å². The van der Waals surface area contributed by atoms with E-state index in [4.69, 9.17) is 0 Å². The van der Waals surface area contributed by atoms with E-state index in [2.05, 4.69) is 22.4 Å². The molecule has 5 nitrogen and oxygen atoms in total. The molecule has 1 aromatic heterocycles. The Hall–Kier alpha value is -1.82. The number of sulfone groups is 1. The number of carbonyl (C=O) groups is 1. The number of amides is 1. The topological polar surface area (TPSA) is 79.0 Å². The van der Waals surface area contributed by atoms with Crippen molar-refractivity contribution in [3.63, 3.8) is 0 Å². The molecule has 0 atom stereocenters. The number of aromatic amines is 1. The number of hydrogen-bond donors (Lipinski definition) is 2. The van der Waals surface area contributed by atoms with Gasteiger partial charge in [-0.15, -0.1) is 0 Å². The molecule has 6 heteroatoms. The second-order valence-corrected chi connectivity index (χ2v) is 9.44. The van der Waals surface area contributed by atoms with Crippen LogP contribution in [0.2, 0.25) is 0 Å². The van der Waals surface area contributed by atoms with Crippen molar-refractivity contribution in [2.45, 2.75) is 41.0 Å². The maximum Gasteiger partial charge on any atom is 0.224 e. The van der Waals surface area contributed by atoms with Crippen LogP contribution in [0, 0.1) is 26.7 Å². The summed E-state index contributed by atoms with van der Waals surface area (Å²) >= 11 is 0. The van der Waals surface area contributed by atoms with Gasteiger partial charge in [0.1, 0.15) is 0 Å². The average molecular weight is 365 g/mol. The highest BCUT2D eigenvalue weighted by Gasteiger charge is 2.17. The molecule has 1 heterocycles. The smallest absolute Gasteiger partial charge is 0.224 e. The van der Waals surface area contributed by atoms with Gasteiger partial charge in [-0.2, -0.15) is 0 Å². The number of rotatable bonds is 7. The molecule has 2 N–H and O–H groups in total. The van der Waals surface area contributed by atoms with Gasteiger partial charge in [0.25, 0.3) is 0 Å². The Kier molecular flexibility index (Phi) is 5.93. The lowest BCUT2D eigenvalue weighted by atomic mass is 10.0. The number of aryl methyl sites for hydroxylation is 3. The van der Waals surface area contributed by atoms with Crippen molar-refractivity contribution < 1.29 is 13.2 Å². The fourth-order valence-corrected chi connectivity index (χ4v) is 4.79. The predicted octanol–water partition coefficient (Wildman–Crippen LogP) is 2.82. The van der Waals surface area contributed by atoms with E-state index in [9.17, 15) is 13.2 Å². The Bertz CT molecular complexity index is 880. The van der Waals surface area contributed by atoms with Gasteiger partial charge in [-0.3, -0.25) is 4.79 Å². The molecule has 2 rings (SSSR count). The van der Waals surface area contributed by atoms with Gasteiger partial charge in [0, 0.05) is 23.1 Å². The number of benzene rings is 1. The molecule has 0 spiro atoms. The zero-order valence-corrected chi connectivity index (χ0v) is 16.5. The molecular formula is C19H28N2O3S. The van der Waals surface area contributed by atoms with E-state index in [1.807, 2.05) is 34.6 Å². The van der Waals surface area contributed by atoms with Gasteiger partial charge in [-0.1, -0.05) is 26.0 Å². The van der Waals surface area contributed by atoms with E-state index in [0.29, 0.717) is 0 Å².